The van der Waals surface area contributed by atoms with E-state index in [4.69, 9.17) is 0 Å². The number of aromatic nitrogens is 2. The number of rotatable bonds is 3. The molecule has 0 aliphatic heterocycles. The van der Waals surface area contributed by atoms with Gasteiger partial charge in [0.25, 0.3) is 0 Å². The van der Waals surface area contributed by atoms with Crippen molar-refractivity contribution in [3.8, 4) is 5.69 Å². The van der Waals surface area contributed by atoms with Crippen molar-refractivity contribution >= 4 is 6.08 Å². The van der Waals surface area contributed by atoms with Crippen molar-refractivity contribution in [3.05, 3.63) is 88.8 Å². The topological polar surface area (TPSA) is 38.1 Å². The highest BCUT2D eigenvalue weighted by Crippen LogP contribution is 2.58. The van der Waals surface area contributed by atoms with Crippen molar-refractivity contribution < 1.29 is 13.9 Å². The third-order valence-corrected chi connectivity index (χ3v) is 7.14. The van der Waals surface area contributed by atoms with Crippen LogP contribution < -0.4 is 0 Å². The molecule has 2 aliphatic carbocycles. The first-order chi connectivity index (χ1) is 14.3. The number of nitrogens with zero attached hydrogens (tertiary/aromatic N) is 2. The first kappa shape index (κ1) is 19.2. The van der Waals surface area contributed by atoms with E-state index in [-0.39, 0.29) is 23.0 Å². The van der Waals surface area contributed by atoms with E-state index < -0.39 is 5.60 Å². The zero-order chi connectivity index (χ0) is 21.1. The Hall–Kier alpha value is -2.79. The first-order valence-corrected chi connectivity index (χ1v) is 10.3. The van der Waals surface area contributed by atoms with E-state index >= 15 is 0 Å². The molecule has 5 rings (SSSR count). The maximum atomic E-state index is 13.4. The first-order valence-electron chi connectivity index (χ1n) is 10.3. The molecule has 2 aromatic carbocycles. The molecule has 3 nitrogen and oxygen atoms in total. The Kier molecular flexibility index (Phi) is 4.23. The molecule has 154 valence electrons. The van der Waals surface area contributed by atoms with Gasteiger partial charge in [-0.1, -0.05) is 24.6 Å². The molecular weight excluding hydrogens is 382 g/mol. The molecule has 2 aliphatic rings. The van der Waals surface area contributed by atoms with E-state index in [1.165, 1.54) is 29.8 Å². The lowest BCUT2D eigenvalue weighted by molar-refractivity contribution is -0.0431. The van der Waals surface area contributed by atoms with Gasteiger partial charge in [-0.25, -0.2) is 13.5 Å². The van der Waals surface area contributed by atoms with Crippen LogP contribution >= 0.6 is 0 Å². The highest BCUT2D eigenvalue weighted by Gasteiger charge is 2.52. The van der Waals surface area contributed by atoms with Gasteiger partial charge in [-0.15, -0.1) is 0 Å². The molecule has 1 unspecified atom stereocenters. The maximum Gasteiger partial charge on any atom is 0.123 e. The van der Waals surface area contributed by atoms with Crippen LogP contribution in [-0.2, 0) is 12.0 Å². The van der Waals surface area contributed by atoms with Crippen LogP contribution in [0, 0.1) is 23.0 Å². The van der Waals surface area contributed by atoms with Crippen LogP contribution in [0.4, 0.5) is 8.78 Å². The number of allylic oxidation sites excluding steroid dienone is 1. The standard InChI is InChI=1S/C25H24F2N2O/c1-24-14-16-15-28-29(21-10-8-20(27)9-11-21)22(16)13-18(24)5-12-23(24)25(2,30)17-3-6-19(26)7-4-17/h3-4,6-11,13,15,23,30H,5,12,14H2,1-2H3/t23-,24-,25?/m0/s1. The van der Waals surface area contributed by atoms with Gasteiger partial charge in [-0.2, -0.15) is 5.10 Å². The lowest BCUT2D eigenvalue weighted by atomic mass is 9.63. The normalized spacial score (nSPS) is 24.7. The Bertz CT molecular complexity index is 1130. The van der Waals surface area contributed by atoms with E-state index in [9.17, 15) is 13.9 Å². The van der Waals surface area contributed by atoms with Gasteiger partial charge in [0.05, 0.1) is 23.2 Å². The summed E-state index contributed by atoms with van der Waals surface area (Å²) >= 11 is 0. The summed E-state index contributed by atoms with van der Waals surface area (Å²) in [5, 5.41) is 16.1. The molecule has 1 heterocycles. The minimum atomic E-state index is -1.07. The summed E-state index contributed by atoms with van der Waals surface area (Å²) < 4.78 is 28.6. The summed E-state index contributed by atoms with van der Waals surface area (Å²) in [7, 11) is 0. The Balaban J connectivity index is 1.52. The molecule has 30 heavy (non-hydrogen) atoms. The van der Waals surface area contributed by atoms with E-state index in [2.05, 4.69) is 18.1 Å². The minimum absolute atomic E-state index is 0.00373. The number of hydrogen-bond acceptors (Lipinski definition) is 2. The van der Waals surface area contributed by atoms with Gasteiger partial charge < -0.3 is 5.11 Å². The summed E-state index contributed by atoms with van der Waals surface area (Å²) in [6.07, 6.45) is 6.60. The van der Waals surface area contributed by atoms with Crippen LogP contribution in [0.15, 0.2) is 60.3 Å². The molecule has 0 saturated heterocycles. The maximum absolute atomic E-state index is 13.4. The molecule has 1 N–H and O–H groups in total. The largest absolute Gasteiger partial charge is 0.385 e. The second kappa shape index (κ2) is 6.61. The Morgan fingerprint density at radius 2 is 1.70 bits per heavy atom. The Labute approximate surface area is 174 Å². The van der Waals surface area contributed by atoms with Crippen molar-refractivity contribution in [1.29, 1.82) is 0 Å². The van der Waals surface area contributed by atoms with Gasteiger partial charge in [0.15, 0.2) is 0 Å². The van der Waals surface area contributed by atoms with E-state index in [1.807, 2.05) is 17.8 Å². The second-order valence-electron chi connectivity index (χ2n) is 8.95. The summed E-state index contributed by atoms with van der Waals surface area (Å²) in [6, 6.07) is 12.5. The van der Waals surface area contributed by atoms with Gasteiger partial charge in [-0.05, 0) is 85.2 Å². The average molecular weight is 406 g/mol. The second-order valence-corrected chi connectivity index (χ2v) is 8.95. The number of halogens is 2. The predicted octanol–water partition coefficient (Wildman–Crippen LogP) is 5.41. The predicted molar refractivity (Wildman–Crippen MR) is 112 cm³/mol. The van der Waals surface area contributed by atoms with E-state index in [1.54, 1.807) is 24.3 Å². The molecule has 0 radical (unpaired) electrons. The minimum Gasteiger partial charge on any atom is -0.385 e. The summed E-state index contributed by atoms with van der Waals surface area (Å²) in [6.45, 7) is 4.06. The monoisotopic (exact) mass is 406 g/mol. The van der Waals surface area contributed by atoms with Gasteiger partial charge in [0.2, 0.25) is 0 Å². The average Bonchev–Trinajstić information content (AvgIpc) is 3.27. The van der Waals surface area contributed by atoms with Crippen molar-refractivity contribution in [3.63, 3.8) is 0 Å². The van der Waals surface area contributed by atoms with E-state index in [0.717, 1.165) is 41.8 Å². The lowest BCUT2D eigenvalue weighted by Crippen LogP contribution is -2.42. The van der Waals surface area contributed by atoms with Gasteiger partial charge in [0.1, 0.15) is 11.6 Å². The Morgan fingerprint density at radius 3 is 2.37 bits per heavy atom. The number of hydrogen-bond donors (Lipinski definition) is 1. The quantitative estimate of drug-likeness (QED) is 0.631. The molecule has 0 spiro atoms. The van der Waals surface area contributed by atoms with Gasteiger partial charge in [0, 0.05) is 5.92 Å². The third kappa shape index (κ3) is 2.83. The molecular formula is C25H24F2N2O. The van der Waals surface area contributed by atoms with Crippen LogP contribution in [0.5, 0.6) is 0 Å². The third-order valence-electron chi connectivity index (χ3n) is 7.14. The van der Waals surface area contributed by atoms with Crippen LogP contribution in [-0.4, -0.2) is 14.9 Å². The Morgan fingerprint density at radius 1 is 1.07 bits per heavy atom. The van der Waals surface area contributed by atoms with Crippen LogP contribution in [0.2, 0.25) is 0 Å². The SMILES string of the molecule is CC(O)(c1ccc(F)cc1)[C@H]1CCC2=Cc3c(cnn3-c3ccc(F)cc3)C[C@@]21C. The molecule has 5 heteroatoms. The molecule has 3 atom stereocenters. The van der Waals surface area contributed by atoms with Crippen molar-refractivity contribution in [2.45, 2.75) is 38.7 Å². The van der Waals surface area contributed by atoms with Crippen molar-refractivity contribution in [2.24, 2.45) is 11.3 Å². The summed E-state index contributed by atoms with van der Waals surface area (Å²) in [4.78, 5) is 0. The molecule has 1 fully saturated rings. The van der Waals surface area contributed by atoms with Crippen LogP contribution in [0.25, 0.3) is 11.8 Å². The summed E-state index contributed by atoms with van der Waals surface area (Å²) in [5.74, 6) is -0.570. The lowest BCUT2D eigenvalue weighted by Gasteiger charge is -2.43. The molecule has 0 bridgehead atoms. The molecule has 1 aromatic heterocycles. The number of fused-ring (bicyclic) bond motifs is 2. The molecule has 1 saturated carbocycles. The number of benzene rings is 2. The molecule has 0 amide bonds. The van der Waals surface area contributed by atoms with Crippen LogP contribution in [0.1, 0.15) is 43.5 Å². The van der Waals surface area contributed by atoms with Gasteiger partial charge in [-0.3, -0.25) is 0 Å². The highest BCUT2D eigenvalue weighted by atomic mass is 19.1. The van der Waals surface area contributed by atoms with Gasteiger partial charge >= 0.3 is 0 Å². The van der Waals surface area contributed by atoms with E-state index in [0.29, 0.717) is 0 Å². The molecule has 3 aromatic rings. The fourth-order valence-electron chi connectivity index (χ4n) is 5.52. The zero-order valence-corrected chi connectivity index (χ0v) is 17.1. The zero-order valence-electron chi connectivity index (χ0n) is 17.1. The van der Waals surface area contributed by atoms with Crippen molar-refractivity contribution in [2.75, 3.05) is 0 Å². The fourth-order valence-corrected chi connectivity index (χ4v) is 5.52. The van der Waals surface area contributed by atoms with Crippen LogP contribution in [0.3, 0.4) is 0 Å². The highest BCUT2D eigenvalue weighted by molar-refractivity contribution is 5.62. The smallest absolute Gasteiger partial charge is 0.123 e. The van der Waals surface area contributed by atoms with Crippen molar-refractivity contribution in [1.82, 2.24) is 9.78 Å². The fraction of sp³-hybridized carbons (Fsp3) is 0.320. The summed E-state index contributed by atoms with van der Waals surface area (Å²) in [5.41, 5.74) is 3.73. The number of aliphatic hydroxyl groups is 1.